The SMILES string of the molecule is COc1ccc2c(C3(CO)CCC3)nccc2c1. The minimum atomic E-state index is -0.117. The van der Waals surface area contributed by atoms with Crippen LogP contribution in [0, 0.1) is 0 Å². The van der Waals surface area contributed by atoms with E-state index in [-0.39, 0.29) is 12.0 Å². The fourth-order valence-corrected chi connectivity index (χ4v) is 2.78. The molecule has 1 N–H and O–H groups in total. The van der Waals surface area contributed by atoms with E-state index in [9.17, 15) is 5.11 Å². The molecule has 0 bridgehead atoms. The number of aliphatic hydroxyl groups is 1. The molecule has 0 unspecified atom stereocenters. The quantitative estimate of drug-likeness (QED) is 0.901. The lowest BCUT2D eigenvalue weighted by Gasteiger charge is -2.40. The lowest BCUT2D eigenvalue weighted by atomic mass is 9.66. The minimum Gasteiger partial charge on any atom is -0.497 e. The van der Waals surface area contributed by atoms with Gasteiger partial charge in [-0.05, 0) is 42.5 Å². The van der Waals surface area contributed by atoms with Crippen molar-refractivity contribution >= 4 is 10.8 Å². The van der Waals surface area contributed by atoms with E-state index in [0.717, 1.165) is 35.1 Å². The third-order valence-electron chi connectivity index (χ3n) is 4.09. The molecule has 1 aliphatic carbocycles. The Labute approximate surface area is 106 Å². The first-order valence-electron chi connectivity index (χ1n) is 6.33. The molecule has 18 heavy (non-hydrogen) atoms. The summed E-state index contributed by atoms with van der Waals surface area (Å²) in [5, 5.41) is 11.9. The molecule has 3 nitrogen and oxygen atoms in total. The molecule has 3 rings (SSSR count). The Balaban J connectivity index is 2.18. The largest absolute Gasteiger partial charge is 0.497 e. The minimum absolute atomic E-state index is 0.117. The summed E-state index contributed by atoms with van der Waals surface area (Å²) in [5.41, 5.74) is 0.921. The van der Waals surface area contributed by atoms with Crippen molar-refractivity contribution in [1.29, 1.82) is 0 Å². The first kappa shape index (κ1) is 11.5. The van der Waals surface area contributed by atoms with Gasteiger partial charge in [0, 0.05) is 17.0 Å². The summed E-state index contributed by atoms with van der Waals surface area (Å²) in [6, 6.07) is 8.01. The van der Waals surface area contributed by atoms with Crippen molar-refractivity contribution in [2.45, 2.75) is 24.7 Å². The summed E-state index contributed by atoms with van der Waals surface area (Å²) in [6.07, 6.45) is 5.06. The number of aliphatic hydroxyl groups excluding tert-OH is 1. The molecule has 1 aromatic heterocycles. The number of aromatic nitrogens is 1. The van der Waals surface area contributed by atoms with Crippen LogP contribution in [0.4, 0.5) is 0 Å². The lowest BCUT2D eigenvalue weighted by Crippen LogP contribution is -2.38. The Hall–Kier alpha value is -1.61. The van der Waals surface area contributed by atoms with E-state index in [1.165, 1.54) is 6.42 Å². The zero-order valence-corrected chi connectivity index (χ0v) is 10.5. The fraction of sp³-hybridized carbons (Fsp3) is 0.400. The molecule has 1 saturated carbocycles. The Morgan fingerprint density at radius 1 is 1.33 bits per heavy atom. The van der Waals surface area contributed by atoms with Crippen molar-refractivity contribution in [3.05, 3.63) is 36.2 Å². The topological polar surface area (TPSA) is 42.4 Å². The van der Waals surface area contributed by atoms with Gasteiger partial charge in [-0.3, -0.25) is 4.98 Å². The summed E-state index contributed by atoms with van der Waals surface area (Å²) in [4.78, 5) is 4.53. The highest BCUT2D eigenvalue weighted by Crippen LogP contribution is 2.44. The van der Waals surface area contributed by atoms with E-state index in [0.29, 0.717) is 0 Å². The normalized spacial score (nSPS) is 17.4. The van der Waals surface area contributed by atoms with Gasteiger partial charge in [-0.1, -0.05) is 6.42 Å². The molecule has 0 atom stereocenters. The summed E-state index contributed by atoms with van der Waals surface area (Å²) in [5.74, 6) is 0.853. The van der Waals surface area contributed by atoms with Crippen LogP contribution in [0.2, 0.25) is 0 Å². The number of benzene rings is 1. The smallest absolute Gasteiger partial charge is 0.119 e. The van der Waals surface area contributed by atoms with Crippen LogP contribution >= 0.6 is 0 Å². The van der Waals surface area contributed by atoms with E-state index >= 15 is 0 Å². The summed E-state index contributed by atoms with van der Waals surface area (Å²) in [7, 11) is 1.67. The van der Waals surface area contributed by atoms with E-state index in [4.69, 9.17) is 4.74 Å². The Bertz CT molecular complexity index is 570. The second-order valence-electron chi connectivity index (χ2n) is 5.04. The molecule has 94 valence electrons. The van der Waals surface area contributed by atoms with Gasteiger partial charge in [0.05, 0.1) is 19.4 Å². The highest BCUT2D eigenvalue weighted by atomic mass is 16.5. The van der Waals surface area contributed by atoms with Crippen molar-refractivity contribution < 1.29 is 9.84 Å². The average molecular weight is 243 g/mol. The molecule has 1 aromatic carbocycles. The Kier molecular flexibility index (Phi) is 2.71. The third kappa shape index (κ3) is 1.58. The van der Waals surface area contributed by atoms with Gasteiger partial charge in [0.2, 0.25) is 0 Å². The molecule has 1 aliphatic rings. The number of hydrogen-bond acceptors (Lipinski definition) is 3. The summed E-state index contributed by atoms with van der Waals surface area (Å²) >= 11 is 0. The van der Waals surface area contributed by atoms with Crippen LogP contribution in [0.3, 0.4) is 0 Å². The predicted octanol–water partition coefficient (Wildman–Crippen LogP) is 2.66. The van der Waals surface area contributed by atoms with E-state index in [1.807, 2.05) is 30.5 Å². The van der Waals surface area contributed by atoms with Gasteiger partial charge in [-0.2, -0.15) is 0 Å². The van der Waals surface area contributed by atoms with Crippen LogP contribution in [0.1, 0.15) is 25.0 Å². The van der Waals surface area contributed by atoms with Crippen LogP contribution in [-0.4, -0.2) is 23.8 Å². The molecule has 0 amide bonds. The molecule has 0 spiro atoms. The zero-order chi connectivity index (χ0) is 12.6. The number of methoxy groups -OCH3 is 1. The van der Waals surface area contributed by atoms with Crippen LogP contribution in [0.15, 0.2) is 30.5 Å². The number of fused-ring (bicyclic) bond motifs is 1. The number of hydrogen-bond donors (Lipinski definition) is 1. The van der Waals surface area contributed by atoms with E-state index in [1.54, 1.807) is 7.11 Å². The standard InChI is InChI=1S/C15H17NO2/c1-18-12-3-4-13-11(9-12)5-8-16-14(13)15(10-17)6-2-7-15/h3-5,8-9,17H,2,6-7,10H2,1H3. The molecule has 0 aliphatic heterocycles. The predicted molar refractivity (Wildman–Crippen MR) is 70.9 cm³/mol. The number of pyridine rings is 1. The van der Waals surface area contributed by atoms with Gasteiger partial charge < -0.3 is 9.84 Å². The van der Waals surface area contributed by atoms with E-state index < -0.39 is 0 Å². The number of rotatable bonds is 3. The van der Waals surface area contributed by atoms with Gasteiger partial charge in [-0.15, -0.1) is 0 Å². The monoisotopic (exact) mass is 243 g/mol. The number of ether oxygens (including phenoxy) is 1. The first-order chi connectivity index (χ1) is 8.79. The molecule has 1 fully saturated rings. The van der Waals surface area contributed by atoms with Crippen molar-refractivity contribution in [3.8, 4) is 5.75 Å². The molecule has 2 aromatic rings. The molecular weight excluding hydrogens is 226 g/mol. The first-order valence-corrected chi connectivity index (χ1v) is 6.33. The molecule has 3 heteroatoms. The third-order valence-corrected chi connectivity index (χ3v) is 4.09. The maximum absolute atomic E-state index is 9.69. The molecule has 0 saturated heterocycles. The fourth-order valence-electron chi connectivity index (χ4n) is 2.78. The lowest BCUT2D eigenvalue weighted by molar-refractivity contribution is 0.118. The van der Waals surface area contributed by atoms with Gasteiger partial charge >= 0.3 is 0 Å². The molecular formula is C15H17NO2. The highest BCUT2D eigenvalue weighted by molar-refractivity contribution is 5.86. The van der Waals surface area contributed by atoms with Gasteiger partial charge in [-0.25, -0.2) is 0 Å². The molecule has 1 heterocycles. The van der Waals surface area contributed by atoms with Gasteiger partial charge in [0.1, 0.15) is 5.75 Å². The Morgan fingerprint density at radius 3 is 2.78 bits per heavy atom. The second kappa shape index (κ2) is 4.25. The number of nitrogens with zero attached hydrogens (tertiary/aromatic N) is 1. The van der Waals surface area contributed by atoms with Crippen molar-refractivity contribution in [2.75, 3.05) is 13.7 Å². The maximum Gasteiger partial charge on any atom is 0.119 e. The summed E-state index contributed by atoms with van der Waals surface area (Å²) in [6.45, 7) is 0.186. The van der Waals surface area contributed by atoms with Crippen molar-refractivity contribution in [3.63, 3.8) is 0 Å². The van der Waals surface area contributed by atoms with Gasteiger partial charge in [0.25, 0.3) is 0 Å². The van der Waals surface area contributed by atoms with Crippen LogP contribution < -0.4 is 4.74 Å². The second-order valence-corrected chi connectivity index (χ2v) is 5.04. The Morgan fingerprint density at radius 2 is 2.17 bits per heavy atom. The summed E-state index contributed by atoms with van der Waals surface area (Å²) < 4.78 is 5.24. The average Bonchev–Trinajstić information content (AvgIpc) is 2.37. The highest BCUT2D eigenvalue weighted by Gasteiger charge is 2.40. The van der Waals surface area contributed by atoms with Gasteiger partial charge in [0.15, 0.2) is 0 Å². The van der Waals surface area contributed by atoms with E-state index in [2.05, 4.69) is 4.98 Å². The van der Waals surface area contributed by atoms with Crippen LogP contribution in [0.25, 0.3) is 10.8 Å². The maximum atomic E-state index is 9.69. The zero-order valence-electron chi connectivity index (χ0n) is 10.5. The van der Waals surface area contributed by atoms with Crippen molar-refractivity contribution in [2.24, 2.45) is 0 Å². The molecule has 0 radical (unpaired) electrons. The van der Waals surface area contributed by atoms with Crippen molar-refractivity contribution in [1.82, 2.24) is 4.98 Å². The van der Waals surface area contributed by atoms with Crippen LogP contribution in [0.5, 0.6) is 5.75 Å². The van der Waals surface area contributed by atoms with Crippen LogP contribution in [-0.2, 0) is 5.41 Å².